The van der Waals surface area contributed by atoms with Crippen molar-refractivity contribution in [2.24, 2.45) is 7.05 Å². The Morgan fingerprint density at radius 3 is 2.50 bits per heavy atom. The molecule has 2 aromatic heterocycles. The van der Waals surface area contributed by atoms with E-state index in [0.29, 0.717) is 27.8 Å². The van der Waals surface area contributed by atoms with Crippen molar-refractivity contribution in [3.8, 4) is 16.9 Å². The molecule has 2 N–H and O–H groups in total. The molecule has 0 bridgehead atoms. The molecular formula is C26H21F2N3O5. The van der Waals surface area contributed by atoms with Crippen molar-refractivity contribution in [3.05, 3.63) is 94.0 Å². The molecule has 8 nitrogen and oxygen atoms in total. The van der Waals surface area contributed by atoms with Crippen molar-refractivity contribution in [1.82, 2.24) is 14.9 Å². The van der Waals surface area contributed by atoms with Crippen LogP contribution in [-0.2, 0) is 18.3 Å². The molecule has 36 heavy (non-hydrogen) atoms. The number of hydrogen-bond donors (Lipinski definition) is 2. The number of ether oxygens (including phenoxy) is 1. The molecule has 1 atom stereocenters. The van der Waals surface area contributed by atoms with Crippen LogP contribution in [0.25, 0.3) is 22.0 Å². The van der Waals surface area contributed by atoms with E-state index in [0.717, 1.165) is 18.2 Å². The third-order valence-corrected chi connectivity index (χ3v) is 5.80. The van der Waals surface area contributed by atoms with E-state index in [1.807, 2.05) is 0 Å². The number of carbonyl (C=O) groups is 2. The molecule has 0 saturated carbocycles. The number of carboxylic acids is 1. The number of aryl methyl sites for hydroxylation is 1. The molecule has 2 heterocycles. The average Bonchev–Trinajstić information content (AvgIpc) is 2.85. The van der Waals surface area contributed by atoms with Gasteiger partial charge in [0.25, 0.3) is 11.5 Å². The smallest absolute Gasteiger partial charge is 0.326 e. The SMILES string of the molecule is COc1ccn(C)c(=O)c1-c1ccc(CC(NC(=O)c2c(F)cccc2F)C(=O)O)c2cccnc12. The van der Waals surface area contributed by atoms with Crippen LogP contribution in [0.3, 0.4) is 0 Å². The van der Waals surface area contributed by atoms with Gasteiger partial charge >= 0.3 is 5.97 Å². The van der Waals surface area contributed by atoms with E-state index in [2.05, 4.69) is 10.3 Å². The van der Waals surface area contributed by atoms with Crippen molar-refractivity contribution < 1.29 is 28.2 Å². The van der Waals surface area contributed by atoms with Gasteiger partial charge in [0.2, 0.25) is 0 Å². The molecule has 4 rings (SSSR count). The number of nitrogens with one attached hydrogen (secondary N) is 1. The number of rotatable bonds is 7. The summed E-state index contributed by atoms with van der Waals surface area (Å²) in [5, 5.41) is 12.5. The number of carbonyl (C=O) groups excluding carboxylic acids is 1. The molecule has 0 aliphatic heterocycles. The predicted octanol–water partition coefficient (Wildman–Crippen LogP) is 3.31. The molecule has 10 heteroatoms. The largest absolute Gasteiger partial charge is 0.496 e. The van der Waals surface area contributed by atoms with Gasteiger partial charge in [0.1, 0.15) is 29.0 Å². The first-order valence-corrected chi connectivity index (χ1v) is 10.8. The quantitative estimate of drug-likeness (QED) is 0.409. The Kier molecular flexibility index (Phi) is 6.77. The van der Waals surface area contributed by atoms with Crippen molar-refractivity contribution in [1.29, 1.82) is 0 Å². The summed E-state index contributed by atoms with van der Waals surface area (Å²) >= 11 is 0. The summed E-state index contributed by atoms with van der Waals surface area (Å²) in [5.74, 6) is -4.43. The zero-order valence-corrected chi connectivity index (χ0v) is 19.3. The summed E-state index contributed by atoms with van der Waals surface area (Å²) in [6.07, 6.45) is 2.91. The molecule has 0 saturated heterocycles. The van der Waals surface area contributed by atoms with E-state index in [4.69, 9.17) is 4.74 Å². The maximum absolute atomic E-state index is 14.0. The predicted molar refractivity (Wildman–Crippen MR) is 128 cm³/mol. The van der Waals surface area contributed by atoms with Crippen molar-refractivity contribution in [3.63, 3.8) is 0 Å². The number of carboxylic acid groups (broad SMARTS) is 1. The Bertz CT molecular complexity index is 1530. The average molecular weight is 493 g/mol. The summed E-state index contributed by atoms with van der Waals surface area (Å²) in [7, 11) is 3.05. The summed E-state index contributed by atoms with van der Waals surface area (Å²) in [6, 6.07) is 9.69. The van der Waals surface area contributed by atoms with Crippen LogP contribution in [0.4, 0.5) is 8.78 Å². The molecule has 0 spiro atoms. The minimum absolute atomic E-state index is 0.205. The number of fused-ring (bicyclic) bond motifs is 1. The summed E-state index contributed by atoms with van der Waals surface area (Å²) in [6.45, 7) is 0. The summed E-state index contributed by atoms with van der Waals surface area (Å²) in [5.41, 5.74) is 0.518. The van der Waals surface area contributed by atoms with Gasteiger partial charge in [-0.05, 0) is 29.8 Å². The Labute approximate surface area is 203 Å². The highest BCUT2D eigenvalue weighted by molar-refractivity contribution is 5.99. The summed E-state index contributed by atoms with van der Waals surface area (Å²) < 4.78 is 34.8. The van der Waals surface area contributed by atoms with Crippen LogP contribution < -0.4 is 15.6 Å². The fourth-order valence-corrected chi connectivity index (χ4v) is 4.01. The number of nitrogens with zero attached hydrogens (tertiary/aromatic N) is 2. The van der Waals surface area contributed by atoms with E-state index in [-0.39, 0.29) is 17.5 Å². The van der Waals surface area contributed by atoms with Crippen LogP contribution in [0.1, 0.15) is 15.9 Å². The number of pyridine rings is 2. The number of halogens is 2. The zero-order chi connectivity index (χ0) is 26.0. The first kappa shape index (κ1) is 24.5. The van der Waals surface area contributed by atoms with E-state index in [9.17, 15) is 28.3 Å². The van der Waals surface area contributed by atoms with Gasteiger partial charge in [-0.1, -0.05) is 24.3 Å². The van der Waals surface area contributed by atoms with Gasteiger partial charge in [0, 0.05) is 36.8 Å². The Morgan fingerprint density at radius 2 is 1.83 bits per heavy atom. The van der Waals surface area contributed by atoms with Crippen molar-refractivity contribution in [2.45, 2.75) is 12.5 Å². The number of benzene rings is 2. The second-order valence-corrected chi connectivity index (χ2v) is 8.01. The molecule has 0 aliphatic carbocycles. The highest BCUT2D eigenvalue weighted by atomic mass is 19.1. The molecule has 2 aromatic carbocycles. The van der Waals surface area contributed by atoms with E-state index in [1.54, 1.807) is 43.6 Å². The zero-order valence-electron chi connectivity index (χ0n) is 19.3. The molecule has 184 valence electrons. The van der Waals surface area contributed by atoms with Crippen LogP contribution in [-0.4, -0.2) is 39.7 Å². The maximum atomic E-state index is 14.0. The Balaban J connectivity index is 1.76. The summed E-state index contributed by atoms with van der Waals surface area (Å²) in [4.78, 5) is 41.8. The number of aliphatic carboxylic acids is 1. The van der Waals surface area contributed by atoms with Crippen LogP contribution in [0.5, 0.6) is 5.75 Å². The first-order chi connectivity index (χ1) is 17.2. The number of methoxy groups -OCH3 is 1. The second-order valence-electron chi connectivity index (χ2n) is 8.01. The standard InChI is InChI=1S/C26H21F2N3O5/c1-31-12-10-20(36-2)21(25(31)33)16-9-8-14(15-5-4-11-29-23(15)16)13-19(26(34)35)30-24(32)22-17(27)6-3-7-18(22)28/h3-12,19H,13H2,1-2H3,(H,30,32)(H,34,35). The van der Waals surface area contributed by atoms with Crippen molar-refractivity contribution in [2.75, 3.05) is 7.11 Å². The maximum Gasteiger partial charge on any atom is 0.326 e. The van der Waals surface area contributed by atoms with E-state index >= 15 is 0 Å². The number of amides is 1. The number of hydrogen-bond acceptors (Lipinski definition) is 5. The van der Waals surface area contributed by atoms with Gasteiger partial charge in [-0.15, -0.1) is 0 Å². The van der Waals surface area contributed by atoms with Crippen LogP contribution in [0.2, 0.25) is 0 Å². The molecule has 0 fully saturated rings. The normalized spacial score (nSPS) is 11.8. The number of aromatic nitrogens is 2. The second kappa shape index (κ2) is 9.95. The van der Waals surface area contributed by atoms with E-state index in [1.165, 1.54) is 17.9 Å². The lowest BCUT2D eigenvalue weighted by atomic mass is 9.95. The van der Waals surface area contributed by atoms with Gasteiger partial charge in [-0.25, -0.2) is 13.6 Å². The van der Waals surface area contributed by atoms with Gasteiger partial charge < -0.3 is 19.7 Å². The van der Waals surface area contributed by atoms with E-state index < -0.39 is 35.1 Å². The molecule has 1 unspecified atom stereocenters. The molecule has 0 aliphatic rings. The minimum Gasteiger partial charge on any atom is -0.496 e. The minimum atomic E-state index is -1.50. The molecule has 1 amide bonds. The third-order valence-electron chi connectivity index (χ3n) is 5.80. The molecular weight excluding hydrogens is 472 g/mol. The van der Waals surface area contributed by atoms with Crippen LogP contribution >= 0.6 is 0 Å². The van der Waals surface area contributed by atoms with Crippen LogP contribution in [0.15, 0.2) is 65.7 Å². The Hall–Kier alpha value is -4.60. The van der Waals surface area contributed by atoms with Gasteiger partial charge in [0.05, 0.1) is 18.2 Å². The molecule has 4 aromatic rings. The lowest BCUT2D eigenvalue weighted by Gasteiger charge is -2.18. The fourth-order valence-electron chi connectivity index (χ4n) is 4.01. The Morgan fingerprint density at radius 1 is 1.11 bits per heavy atom. The first-order valence-electron chi connectivity index (χ1n) is 10.8. The highest BCUT2D eigenvalue weighted by Gasteiger charge is 2.26. The third kappa shape index (κ3) is 4.52. The van der Waals surface area contributed by atoms with Gasteiger partial charge in [0.15, 0.2) is 0 Å². The van der Waals surface area contributed by atoms with Crippen LogP contribution in [0, 0.1) is 11.6 Å². The van der Waals surface area contributed by atoms with Gasteiger partial charge in [-0.3, -0.25) is 14.6 Å². The fraction of sp³-hybridized carbons (Fsp3) is 0.154. The highest BCUT2D eigenvalue weighted by Crippen LogP contribution is 2.33. The molecule has 0 radical (unpaired) electrons. The van der Waals surface area contributed by atoms with Crippen molar-refractivity contribution >= 4 is 22.8 Å². The van der Waals surface area contributed by atoms with Gasteiger partial charge in [-0.2, -0.15) is 0 Å². The lowest BCUT2D eigenvalue weighted by Crippen LogP contribution is -2.43. The monoisotopic (exact) mass is 493 g/mol. The lowest BCUT2D eigenvalue weighted by molar-refractivity contribution is -0.139. The topological polar surface area (TPSA) is 111 Å².